The zero-order valence-corrected chi connectivity index (χ0v) is 19.4. The first-order valence-electron chi connectivity index (χ1n) is 10.5. The fourth-order valence-electron chi connectivity index (χ4n) is 4.31. The van der Waals surface area contributed by atoms with Gasteiger partial charge in [0.1, 0.15) is 6.54 Å². The molecule has 1 saturated heterocycles. The number of para-hydroxylation sites is 1. The number of piperidine rings is 1. The maximum Gasteiger partial charge on any atom is 0.240 e. The van der Waals surface area contributed by atoms with Gasteiger partial charge >= 0.3 is 0 Å². The summed E-state index contributed by atoms with van der Waals surface area (Å²) < 4.78 is 22.0. The van der Waals surface area contributed by atoms with E-state index in [1.54, 1.807) is 6.07 Å². The van der Waals surface area contributed by atoms with Crippen LogP contribution in [0.25, 0.3) is 10.9 Å². The molecule has 1 aliphatic heterocycles. The Kier molecular flexibility index (Phi) is 6.62. The third kappa shape index (κ3) is 4.77. The summed E-state index contributed by atoms with van der Waals surface area (Å²) in [5.74, 6) is -0.0310. The van der Waals surface area contributed by atoms with E-state index < -0.39 is 0 Å². The third-order valence-corrected chi connectivity index (χ3v) is 7.03. The zero-order valence-electron chi connectivity index (χ0n) is 17.8. The average Bonchev–Trinajstić information content (AvgIpc) is 3.00. The van der Waals surface area contributed by atoms with Crippen molar-refractivity contribution in [2.75, 3.05) is 20.2 Å². The largest absolute Gasteiger partial charge is 0.494 e. The smallest absolute Gasteiger partial charge is 0.240 e. The Morgan fingerprint density at radius 3 is 2.68 bits per heavy atom. The van der Waals surface area contributed by atoms with Crippen LogP contribution in [0.3, 0.4) is 0 Å². The second kappa shape index (κ2) is 9.40. The molecule has 0 radical (unpaired) electrons. The van der Waals surface area contributed by atoms with E-state index in [4.69, 9.17) is 4.74 Å². The molecule has 3 aromatic rings. The fraction of sp³-hybridized carbons (Fsp3) is 0.375. The molecule has 1 amide bonds. The van der Waals surface area contributed by atoms with Crippen molar-refractivity contribution in [1.29, 1.82) is 0 Å². The summed E-state index contributed by atoms with van der Waals surface area (Å²) in [6.45, 7) is 4.77. The Labute approximate surface area is 190 Å². The molecule has 1 fully saturated rings. The molecule has 0 atom stereocenters. The maximum atomic E-state index is 13.9. The summed E-state index contributed by atoms with van der Waals surface area (Å²) >= 11 is 3.65. The number of likely N-dealkylation sites (tertiary alicyclic amines) is 1. The number of ether oxygens (including phenoxy) is 1. The van der Waals surface area contributed by atoms with Gasteiger partial charge in [-0.05, 0) is 59.5 Å². The van der Waals surface area contributed by atoms with Crippen molar-refractivity contribution in [2.24, 2.45) is 0 Å². The number of nitrogens with one attached hydrogen (secondary N) is 1. The molecule has 2 aromatic carbocycles. The van der Waals surface area contributed by atoms with Crippen LogP contribution in [0.5, 0.6) is 5.75 Å². The van der Waals surface area contributed by atoms with Crippen molar-refractivity contribution in [3.05, 3.63) is 64.0 Å². The quantitative estimate of drug-likeness (QED) is 0.550. The van der Waals surface area contributed by atoms with Crippen molar-refractivity contribution < 1.29 is 13.9 Å². The number of fused-ring (bicyclic) bond motifs is 1. The van der Waals surface area contributed by atoms with Crippen LogP contribution in [-0.4, -0.2) is 41.6 Å². The van der Waals surface area contributed by atoms with E-state index in [-0.39, 0.29) is 23.5 Å². The van der Waals surface area contributed by atoms with Gasteiger partial charge in [0.05, 0.1) is 7.11 Å². The molecule has 1 aromatic heterocycles. The number of aromatic nitrogens is 1. The van der Waals surface area contributed by atoms with Gasteiger partial charge in [-0.2, -0.15) is 0 Å². The van der Waals surface area contributed by atoms with E-state index in [0.29, 0.717) is 13.1 Å². The molecule has 7 heteroatoms. The predicted molar refractivity (Wildman–Crippen MR) is 124 cm³/mol. The molecule has 31 heavy (non-hydrogen) atoms. The van der Waals surface area contributed by atoms with Crippen LogP contribution in [0.2, 0.25) is 0 Å². The lowest BCUT2D eigenvalue weighted by molar-refractivity contribution is -0.122. The van der Waals surface area contributed by atoms with Crippen LogP contribution in [-0.2, 0) is 17.9 Å². The highest BCUT2D eigenvalue weighted by Gasteiger charge is 2.22. The molecule has 0 aliphatic carbocycles. The number of amides is 1. The first-order chi connectivity index (χ1) is 15.0. The SMILES string of the molecule is COc1ccc(CN2CCC(NC(=O)Cn3c(C)c(Br)c4ccccc43)CC2)cc1F. The lowest BCUT2D eigenvalue weighted by Crippen LogP contribution is -2.45. The summed E-state index contributed by atoms with van der Waals surface area (Å²) in [5.41, 5.74) is 3.04. The van der Waals surface area contributed by atoms with Gasteiger partial charge in [0.25, 0.3) is 0 Å². The minimum Gasteiger partial charge on any atom is -0.494 e. The molecule has 1 aliphatic rings. The molecule has 0 unspecified atom stereocenters. The standard InChI is InChI=1S/C24H27BrFN3O2/c1-16-24(25)19-5-3-4-6-21(19)29(16)15-23(30)27-18-9-11-28(12-10-18)14-17-7-8-22(31-2)20(26)13-17/h3-8,13,18H,9-12,14-15H2,1-2H3,(H,27,30). The number of carbonyl (C=O) groups excluding carboxylic acids is 1. The van der Waals surface area contributed by atoms with E-state index in [2.05, 4.69) is 36.8 Å². The van der Waals surface area contributed by atoms with Gasteiger partial charge in [-0.25, -0.2) is 4.39 Å². The molecular weight excluding hydrogens is 461 g/mol. The maximum absolute atomic E-state index is 13.9. The van der Waals surface area contributed by atoms with Gasteiger partial charge in [-0.3, -0.25) is 9.69 Å². The molecule has 0 saturated carbocycles. The molecule has 1 N–H and O–H groups in total. The van der Waals surface area contributed by atoms with Crippen LogP contribution in [0, 0.1) is 12.7 Å². The van der Waals surface area contributed by atoms with Crippen molar-refractivity contribution in [2.45, 2.75) is 38.9 Å². The zero-order chi connectivity index (χ0) is 22.0. The second-order valence-corrected chi connectivity index (χ2v) is 8.88. The van der Waals surface area contributed by atoms with Crippen molar-refractivity contribution in [3.8, 4) is 5.75 Å². The minimum absolute atomic E-state index is 0.0343. The number of hydrogen-bond donors (Lipinski definition) is 1. The van der Waals surface area contributed by atoms with Gasteiger partial charge in [-0.15, -0.1) is 0 Å². The summed E-state index contributed by atoms with van der Waals surface area (Å²) in [7, 11) is 1.47. The van der Waals surface area contributed by atoms with Gasteiger partial charge in [0.2, 0.25) is 5.91 Å². The van der Waals surface area contributed by atoms with Crippen LogP contribution in [0.4, 0.5) is 4.39 Å². The summed E-state index contributed by atoms with van der Waals surface area (Å²) in [4.78, 5) is 15.0. The van der Waals surface area contributed by atoms with Gasteiger partial charge < -0.3 is 14.6 Å². The van der Waals surface area contributed by atoms with Crippen LogP contribution < -0.4 is 10.1 Å². The van der Waals surface area contributed by atoms with E-state index >= 15 is 0 Å². The fourth-order valence-corrected chi connectivity index (χ4v) is 4.86. The minimum atomic E-state index is -0.332. The number of rotatable bonds is 6. The summed E-state index contributed by atoms with van der Waals surface area (Å²) in [5, 5.41) is 4.32. The van der Waals surface area contributed by atoms with Crippen LogP contribution in [0.15, 0.2) is 46.9 Å². The molecule has 0 bridgehead atoms. The van der Waals surface area contributed by atoms with Crippen molar-refractivity contribution in [3.63, 3.8) is 0 Å². The highest BCUT2D eigenvalue weighted by atomic mass is 79.9. The number of methoxy groups -OCH3 is 1. The Morgan fingerprint density at radius 2 is 1.97 bits per heavy atom. The topological polar surface area (TPSA) is 46.5 Å². The molecule has 0 spiro atoms. The van der Waals surface area contributed by atoms with E-state index in [9.17, 15) is 9.18 Å². The van der Waals surface area contributed by atoms with Crippen molar-refractivity contribution in [1.82, 2.24) is 14.8 Å². The highest BCUT2D eigenvalue weighted by molar-refractivity contribution is 9.10. The van der Waals surface area contributed by atoms with E-state index in [1.165, 1.54) is 13.2 Å². The average molecular weight is 488 g/mol. The predicted octanol–water partition coefficient (Wildman–Crippen LogP) is 4.64. The molecular formula is C24H27BrFN3O2. The second-order valence-electron chi connectivity index (χ2n) is 8.09. The molecule has 4 rings (SSSR count). The van der Waals surface area contributed by atoms with Gasteiger partial charge in [0, 0.05) is 46.7 Å². The first kappa shape index (κ1) is 21.8. The van der Waals surface area contributed by atoms with Crippen LogP contribution >= 0.6 is 15.9 Å². The summed E-state index contributed by atoms with van der Waals surface area (Å²) in [6, 6.07) is 13.4. The highest BCUT2D eigenvalue weighted by Crippen LogP contribution is 2.30. The monoisotopic (exact) mass is 487 g/mol. The molecule has 2 heterocycles. The Balaban J connectivity index is 1.31. The third-order valence-electron chi connectivity index (χ3n) is 6.03. The lowest BCUT2D eigenvalue weighted by Gasteiger charge is -2.32. The normalized spacial score (nSPS) is 15.4. The van der Waals surface area contributed by atoms with Gasteiger partial charge in [-0.1, -0.05) is 24.3 Å². The van der Waals surface area contributed by atoms with E-state index in [1.807, 2.05) is 31.2 Å². The summed E-state index contributed by atoms with van der Waals surface area (Å²) in [6.07, 6.45) is 1.78. The number of halogens is 2. The first-order valence-corrected chi connectivity index (χ1v) is 11.3. The van der Waals surface area contributed by atoms with Crippen molar-refractivity contribution >= 4 is 32.7 Å². The molecule has 164 valence electrons. The van der Waals surface area contributed by atoms with E-state index in [0.717, 1.165) is 52.6 Å². The number of carbonyl (C=O) groups is 1. The number of nitrogens with zero attached hydrogens (tertiary/aromatic N) is 2. The lowest BCUT2D eigenvalue weighted by atomic mass is 10.0. The van der Waals surface area contributed by atoms with Crippen LogP contribution in [0.1, 0.15) is 24.1 Å². The Hall–Kier alpha value is -2.38. The Morgan fingerprint density at radius 1 is 1.23 bits per heavy atom. The van der Waals surface area contributed by atoms with Gasteiger partial charge in [0.15, 0.2) is 11.6 Å². The molecule has 5 nitrogen and oxygen atoms in total. The number of benzene rings is 2. The number of hydrogen-bond acceptors (Lipinski definition) is 3. The Bertz CT molecular complexity index is 1090.